The van der Waals surface area contributed by atoms with E-state index in [9.17, 15) is 0 Å². The van der Waals surface area contributed by atoms with Gasteiger partial charge in [-0.25, -0.2) is 9.97 Å². The lowest BCUT2D eigenvalue weighted by Crippen LogP contribution is -2.23. The molecule has 0 aliphatic heterocycles. The summed E-state index contributed by atoms with van der Waals surface area (Å²) in [6, 6.07) is 11.7. The van der Waals surface area contributed by atoms with Crippen molar-refractivity contribution in [2.45, 2.75) is 25.7 Å². The molecule has 0 aliphatic rings. The van der Waals surface area contributed by atoms with Gasteiger partial charge >= 0.3 is 0 Å². The van der Waals surface area contributed by atoms with E-state index in [2.05, 4.69) is 23.8 Å². The number of methoxy groups -OCH3 is 2. The number of imidazole rings is 2. The van der Waals surface area contributed by atoms with E-state index in [-0.39, 0.29) is 5.41 Å². The number of hydrogen-bond acceptors (Lipinski definition) is 4. The van der Waals surface area contributed by atoms with Crippen molar-refractivity contribution in [1.29, 1.82) is 0 Å². The third-order valence-corrected chi connectivity index (χ3v) is 4.68. The molecule has 0 saturated heterocycles. The molecule has 134 valence electrons. The fraction of sp³-hybridized carbons (Fsp3) is 0.300. The van der Waals surface area contributed by atoms with Crippen molar-refractivity contribution in [2.75, 3.05) is 14.2 Å². The van der Waals surface area contributed by atoms with Crippen LogP contribution in [0.25, 0.3) is 22.1 Å². The summed E-state index contributed by atoms with van der Waals surface area (Å²) < 4.78 is 10.6. The quantitative estimate of drug-likeness (QED) is 0.571. The molecule has 2 aromatic heterocycles. The van der Waals surface area contributed by atoms with Gasteiger partial charge in [-0.15, -0.1) is 0 Å². The Morgan fingerprint density at radius 3 is 2.04 bits per heavy atom. The van der Waals surface area contributed by atoms with Crippen LogP contribution in [-0.2, 0) is 11.8 Å². The Labute approximate surface area is 151 Å². The normalized spacial score (nSPS) is 12.0. The minimum Gasteiger partial charge on any atom is -0.497 e. The molecule has 0 saturated carbocycles. The lowest BCUT2D eigenvalue weighted by molar-refractivity contribution is 0.415. The summed E-state index contributed by atoms with van der Waals surface area (Å²) >= 11 is 0. The van der Waals surface area contributed by atoms with E-state index >= 15 is 0 Å². The molecule has 4 rings (SSSR count). The summed E-state index contributed by atoms with van der Waals surface area (Å²) in [5.41, 5.74) is 3.62. The first-order chi connectivity index (χ1) is 12.5. The van der Waals surface area contributed by atoms with E-state index in [1.807, 2.05) is 36.4 Å². The zero-order valence-electron chi connectivity index (χ0n) is 15.4. The minimum absolute atomic E-state index is 0.204. The van der Waals surface area contributed by atoms with E-state index in [0.717, 1.165) is 51.6 Å². The Hall–Kier alpha value is -3.02. The number of aromatic amines is 2. The van der Waals surface area contributed by atoms with Gasteiger partial charge in [0.05, 0.1) is 36.3 Å². The number of benzene rings is 2. The lowest BCUT2D eigenvalue weighted by Gasteiger charge is -2.20. The highest BCUT2D eigenvalue weighted by molar-refractivity contribution is 5.78. The zero-order valence-corrected chi connectivity index (χ0v) is 15.4. The van der Waals surface area contributed by atoms with Crippen molar-refractivity contribution in [3.05, 3.63) is 48.0 Å². The molecular formula is C20H22N4O2. The number of fused-ring (bicyclic) bond motifs is 2. The number of hydrogen-bond donors (Lipinski definition) is 2. The fourth-order valence-electron chi connectivity index (χ4n) is 3.19. The van der Waals surface area contributed by atoms with E-state index in [1.54, 1.807) is 14.2 Å². The molecule has 26 heavy (non-hydrogen) atoms. The number of aromatic nitrogens is 4. The third kappa shape index (κ3) is 2.87. The van der Waals surface area contributed by atoms with Crippen molar-refractivity contribution in [2.24, 2.45) is 0 Å². The van der Waals surface area contributed by atoms with Crippen LogP contribution in [0.2, 0.25) is 0 Å². The van der Waals surface area contributed by atoms with Gasteiger partial charge in [0.2, 0.25) is 0 Å². The maximum absolute atomic E-state index is 5.29. The molecule has 0 amide bonds. The highest BCUT2D eigenvalue weighted by atomic mass is 16.5. The van der Waals surface area contributed by atoms with Crippen LogP contribution in [0.1, 0.15) is 25.5 Å². The SMILES string of the molecule is COc1ccc2nc(CC(C)(C)c3nc4ccc(OC)cc4[nH]3)[nH]c2c1. The third-order valence-electron chi connectivity index (χ3n) is 4.68. The largest absolute Gasteiger partial charge is 0.497 e. The van der Waals surface area contributed by atoms with Gasteiger partial charge in [-0.05, 0) is 24.3 Å². The van der Waals surface area contributed by atoms with Crippen LogP contribution < -0.4 is 9.47 Å². The summed E-state index contributed by atoms with van der Waals surface area (Å²) in [6.07, 6.45) is 0.737. The molecule has 4 aromatic rings. The second-order valence-corrected chi connectivity index (χ2v) is 7.10. The van der Waals surface area contributed by atoms with Crippen LogP contribution in [0.15, 0.2) is 36.4 Å². The Balaban J connectivity index is 1.66. The van der Waals surface area contributed by atoms with Gasteiger partial charge in [-0.1, -0.05) is 13.8 Å². The summed E-state index contributed by atoms with van der Waals surface area (Å²) in [4.78, 5) is 16.3. The summed E-state index contributed by atoms with van der Waals surface area (Å²) in [7, 11) is 3.33. The van der Waals surface area contributed by atoms with Crippen molar-refractivity contribution < 1.29 is 9.47 Å². The van der Waals surface area contributed by atoms with Gasteiger partial charge in [0.15, 0.2) is 0 Å². The molecule has 0 spiro atoms. The highest BCUT2D eigenvalue weighted by Crippen LogP contribution is 2.29. The Morgan fingerprint density at radius 1 is 0.846 bits per heavy atom. The predicted molar refractivity (Wildman–Crippen MR) is 102 cm³/mol. The number of rotatable bonds is 5. The smallest absolute Gasteiger partial charge is 0.121 e. The van der Waals surface area contributed by atoms with Gasteiger partial charge in [-0.2, -0.15) is 0 Å². The van der Waals surface area contributed by atoms with Crippen LogP contribution in [0, 0.1) is 0 Å². The van der Waals surface area contributed by atoms with Gasteiger partial charge in [0.25, 0.3) is 0 Å². The van der Waals surface area contributed by atoms with E-state index in [1.165, 1.54) is 0 Å². The Bertz CT molecular complexity index is 1080. The van der Waals surface area contributed by atoms with Crippen LogP contribution >= 0.6 is 0 Å². The number of nitrogens with one attached hydrogen (secondary N) is 2. The molecular weight excluding hydrogens is 328 g/mol. The molecule has 2 aromatic carbocycles. The van der Waals surface area contributed by atoms with Gasteiger partial charge in [0.1, 0.15) is 23.1 Å². The van der Waals surface area contributed by atoms with Gasteiger partial charge in [0, 0.05) is 24.0 Å². The van der Waals surface area contributed by atoms with Crippen LogP contribution in [0.4, 0.5) is 0 Å². The van der Waals surface area contributed by atoms with Crippen LogP contribution in [0.3, 0.4) is 0 Å². The first-order valence-corrected chi connectivity index (χ1v) is 8.55. The van der Waals surface area contributed by atoms with Crippen molar-refractivity contribution >= 4 is 22.1 Å². The van der Waals surface area contributed by atoms with E-state index < -0.39 is 0 Å². The second-order valence-electron chi connectivity index (χ2n) is 7.10. The molecule has 0 bridgehead atoms. The molecule has 0 atom stereocenters. The molecule has 0 unspecified atom stereocenters. The number of H-pyrrole nitrogens is 2. The van der Waals surface area contributed by atoms with Gasteiger partial charge in [-0.3, -0.25) is 0 Å². The molecule has 2 heterocycles. The average molecular weight is 350 g/mol. The first-order valence-electron chi connectivity index (χ1n) is 8.55. The van der Waals surface area contributed by atoms with E-state index in [4.69, 9.17) is 19.4 Å². The summed E-state index contributed by atoms with van der Waals surface area (Å²) in [6.45, 7) is 4.32. The minimum atomic E-state index is -0.204. The second kappa shape index (κ2) is 6.05. The van der Waals surface area contributed by atoms with Crippen LogP contribution in [-0.4, -0.2) is 34.2 Å². The molecule has 0 fully saturated rings. The summed E-state index contributed by atoms with van der Waals surface area (Å²) in [5.74, 6) is 3.49. The number of nitrogens with zero attached hydrogens (tertiary/aromatic N) is 2. The molecule has 2 N–H and O–H groups in total. The Morgan fingerprint density at radius 2 is 1.42 bits per heavy atom. The standard InChI is InChI=1S/C20H22N4O2/c1-20(2,19-23-15-8-6-13(26-4)10-17(15)24-19)11-18-21-14-7-5-12(25-3)9-16(14)22-18/h5-10H,11H2,1-4H3,(H,21,22)(H,23,24). The zero-order chi connectivity index (χ0) is 18.3. The molecule has 6 nitrogen and oxygen atoms in total. The molecule has 0 radical (unpaired) electrons. The monoisotopic (exact) mass is 350 g/mol. The number of ether oxygens (including phenoxy) is 2. The van der Waals surface area contributed by atoms with Crippen molar-refractivity contribution in [3.63, 3.8) is 0 Å². The predicted octanol–water partition coefficient (Wildman–Crippen LogP) is 3.98. The van der Waals surface area contributed by atoms with E-state index in [0.29, 0.717) is 0 Å². The lowest BCUT2D eigenvalue weighted by atomic mass is 9.88. The molecule has 0 aliphatic carbocycles. The van der Waals surface area contributed by atoms with Crippen molar-refractivity contribution in [3.8, 4) is 11.5 Å². The van der Waals surface area contributed by atoms with Crippen LogP contribution in [0.5, 0.6) is 11.5 Å². The highest BCUT2D eigenvalue weighted by Gasteiger charge is 2.26. The maximum atomic E-state index is 5.29. The first kappa shape index (κ1) is 16.4. The fourth-order valence-corrected chi connectivity index (χ4v) is 3.19. The average Bonchev–Trinajstić information content (AvgIpc) is 3.23. The maximum Gasteiger partial charge on any atom is 0.121 e. The van der Waals surface area contributed by atoms with Crippen molar-refractivity contribution in [1.82, 2.24) is 19.9 Å². The molecule has 6 heteroatoms. The Kier molecular flexibility index (Phi) is 3.83. The topological polar surface area (TPSA) is 75.8 Å². The van der Waals surface area contributed by atoms with Gasteiger partial charge < -0.3 is 19.4 Å². The summed E-state index contributed by atoms with van der Waals surface area (Å²) in [5, 5.41) is 0.